The standard InChI is InChI=1S/C10H10N2O3/c11-8-5-9(14)12(10(8)15)6-2-1-3-7(13)4-6/h1-4,8,13H,5,11H2/t8-/m0/s1. The van der Waals surface area contributed by atoms with Gasteiger partial charge in [0.2, 0.25) is 5.91 Å². The lowest BCUT2D eigenvalue weighted by Gasteiger charge is -2.13. The summed E-state index contributed by atoms with van der Waals surface area (Å²) < 4.78 is 0. The van der Waals surface area contributed by atoms with Crippen molar-refractivity contribution in [2.24, 2.45) is 5.73 Å². The summed E-state index contributed by atoms with van der Waals surface area (Å²) in [5, 5.41) is 9.23. The molecule has 1 aliphatic rings. The van der Waals surface area contributed by atoms with Crippen molar-refractivity contribution in [2.75, 3.05) is 4.90 Å². The maximum atomic E-state index is 11.5. The normalized spacial score (nSPS) is 21.1. The zero-order valence-electron chi connectivity index (χ0n) is 7.88. The van der Waals surface area contributed by atoms with Crippen LogP contribution in [0, 0.1) is 0 Å². The van der Waals surface area contributed by atoms with Gasteiger partial charge in [-0.25, -0.2) is 4.90 Å². The van der Waals surface area contributed by atoms with Crippen LogP contribution in [0.1, 0.15) is 6.42 Å². The number of imide groups is 1. The highest BCUT2D eigenvalue weighted by Crippen LogP contribution is 2.24. The number of nitrogens with two attached hydrogens (primary N) is 1. The number of aromatic hydroxyl groups is 1. The summed E-state index contributed by atoms with van der Waals surface area (Å²) in [6.07, 6.45) is 0.0223. The van der Waals surface area contributed by atoms with Crippen LogP contribution in [-0.2, 0) is 9.59 Å². The molecule has 5 heteroatoms. The fourth-order valence-corrected chi connectivity index (χ4v) is 1.56. The molecule has 0 spiro atoms. The Bertz CT molecular complexity index is 430. The van der Waals surface area contributed by atoms with Gasteiger partial charge in [-0.05, 0) is 12.1 Å². The minimum Gasteiger partial charge on any atom is -0.508 e. The van der Waals surface area contributed by atoms with Gasteiger partial charge < -0.3 is 10.8 Å². The van der Waals surface area contributed by atoms with Crippen molar-refractivity contribution in [2.45, 2.75) is 12.5 Å². The van der Waals surface area contributed by atoms with Gasteiger partial charge in [-0.2, -0.15) is 0 Å². The number of benzene rings is 1. The van der Waals surface area contributed by atoms with E-state index in [1.54, 1.807) is 12.1 Å². The maximum absolute atomic E-state index is 11.5. The SMILES string of the molecule is N[C@H]1CC(=O)N(c2cccc(O)c2)C1=O. The van der Waals surface area contributed by atoms with Crippen LogP contribution in [-0.4, -0.2) is 23.0 Å². The highest BCUT2D eigenvalue weighted by atomic mass is 16.3. The van der Waals surface area contributed by atoms with Crippen LogP contribution in [0.25, 0.3) is 0 Å². The summed E-state index contributed by atoms with van der Waals surface area (Å²) in [7, 11) is 0. The molecule has 2 rings (SSSR count). The highest BCUT2D eigenvalue weighted by Gasteiger charge is 2.37. The summed E-state index contributed by atoms with van der Waals surface area (Å²) in [5.74, 6) is -0.753. The molecule has 5 nitrogen and oxygen atoms in total. The smallest absolute Gasteiger partial charge is 0.251 e. The number of anilines is 1. The Morgan fingerprint density at radius 1 is 1.40 bits per heavy atom. The van der Waals surface area contributed by atoms with Crippen LogP contribution in [0.2, 0.25) is 0 Å². The van der Waals surface area contributed by atoms with Crippen LogP contribution < -0.4 is 10.6 Å². The van der Waals surface area contributed by atoms with Gasteiger partial charge in [0.15, 0.2) is 0 Å². The van der Waals surface area contributed by atoms with Crippen LogP contribution in [0.3, 0.4) is 0 Å². The molecule has 1 atom stereocenters. The first-order valence-corrected chi connectivity index (χ1v) is 4.51. The lowest BCUT2D eigenvalue weighted by molar-refractivity contribution is -0.121. The lowest BCUT2D eigenvalue weighted by Crippen LogP contribution is -2.35. The van der Waals surface area contributed by atoms with Gasteiger partial charge in [0.1, 0.15) is 5.75 Å². The fraction of sp³-hybridized carbons (Fsp3) is 0.200. The number of carbonyl (C=O) groups is 2. The van der Waals surface area contributed by atoms with Crippen LogP contribution in [0.5, 0.6) is 5.75 Å². The molecule has 0 unspecified atom stereocenters. The van der Waals surface area contributed by atoms with Gasteiger partial charge in [0, 0.05) is 6.07 Å². The van der Waals surface area contributed by atoms with Crippen molar-refractivity contribution < 1.29 is 14.7 Å². The monoisotopic (exact) mass is 206 g/mol. The van der Waals surface area contributed by atoms with Crippen LogP contribution in [0.4, 0.5) is 5.69 Å². The Hall–Kier alpha value is -1.88. The Kier molecular flexibility index (Phi) is 2.17. The molecule has 15 heavy (non-hydrogen) atoms. The number of hydrogen-bond donors (Lipinski definition) is 2. The maximum Gasteiger partial charge on any atom is 0.251 e. The highest BCUT2D eigenvalue weighted by molar-refractivity contribution is 6.22. The Balaban J connectivity index is 2.39. The molecule has 1 aromatic rings. The number of nitrogens with zero attached hydrogens (tertiary/aromatic N) is 1. The second-order valence-corrected chi connectivity index (χ2v) is 3.40. The van der Waals surface area contributed by atoms with Crippen molar-refractivity contribution >= 4 is 17.5 Å². The van der Waals surface area contributed by atoms with Gasteiger partial charge in [0.05, 0.1) is 18.2 Å². The van der Waals surface area contributed by atoms with E-state index in [0.717, 1.165) is 4.90 Å². The molecule has 1 fully saturated rings. The van der Waals surface area contributed by atoms with Gasteiger partial charge in [0.25, 0.3) is 5.91 Å². The first-order valence-electron chi connectivity index (χ1n) is 4.51. The molecule has 78 valence electrons. The first kappa shape index (κ1) is 9.67. The average molecular weight is 206 g/mol. The Labute approximate surface area is 86.1 Å². The van der Waals surface area contributed by atoms with E-state index in [1.165, 1.54) is 12.1 Å². The van der Waals surface area contributed by atoms with E-state index in [0.29, 0.717) is 5.69 Å². The van der Waals surface area contributed by atoms with Gasteiger partial charge in [-0.3, -0.25) is 9.59 Å². The summed E-state index contributed by atoms with van der Waals surface area (Å²) in [6.45, 7) is 0. The van der Waals surface area contributed by atoms with Crippen molar-refractivity contribution in [1.29, 1.82) is 0 Å². The summed E-state index contributed by atoms with van der Waals surface area (Å²) in [5.41, 5.74) is 5.82. The first-order chi connectivity index (χ1) is 7.09. The molecule has 1 aliphatic heterocycles. The second kappa shape index (κ2) is 3.36. The molecule has 1 saturated heterocycles. The molecule has 2 amide bonds. The molecule has 3 N–H and O–H groups in total. The number of amides is 2. The van der Waals surface area contributed by atoms with E-state index in [9.17, 15) is 14.7 Å². The number of hydrogen-bond acceptors (Lipinski definition) is 4. The van der Waals surface area contributed by atoms with Crippen LogP contribution in [0.15, 0.2) is 24.3 Å². The summed E-state index contributed by atoms with van der Waals surface area (Å²) >= 11 is 0. The van der Waals surface area contributed by atoms with Crippen LogP contribution >= 0.6 is 0 Å². The topological polar surface area (TPSA) is 83.6 Å². The fourth-order valence-electron chi connectivity index (χ4n) is 1.56. The molecule has 0 aliphatic carbocycles. The van der Waals surface area contributed by atoms with E-state index in [2.05, 4.69) is 0 Å². The van der Waals surface area contributed by atoms with Gasteiger partial charge in [-0.1, -0.05) is 6.07 Å². The summed E-state index contributed by atoms with van der Waals surface area (Å²) in [6, 6.07) is 5.20. The van der Waals surface area contributed by atoms with Crippen molar-refractivity contribution in [3.05, 3.63) is 24.3 Å². The number of phenolic OH excluding ortho intramolecular Hbond substituents is 1. The van der Waals surface area contributed by atoms with Gasteiger partial charge >= 0.3 is 0 Å². The molecule has 0 saturated carbocycles. The minimum absolute atomic E-state index is 0.00794. The molecule has 0 radical (unpaired) electrons. The van der Waals surface area contributed by atoms with Gasteiger partial charge in [-0.15, -0.1) is 0 Å². The van der Waals surface area contributed by atoms with E-state index in [-0.39, 0.29) is 18.1 Å². The number of phenols is 1. The van der Waals surface area contributed by atoms with E-state index < -0.39 is 11.9 Å². The molecular weight excluding hydrogens is 196 g/mol. The predicted octanol–water partition coefficient (Wildman–Crippen LogP) is -0.0172. The third-order valence-corrected chi connectivity index (χ3v) is 2.27. The third kappa shape index (κ3) is 1.57. The second-order valence-electron chi connectivity index (χ2n) is 3.40. The molecule has 1 aromatic carbocycles. The Morgan fingerprint density at radius 2 is 2.13 bits per heavy atom. The molecule has 0 bridgehead atoms. The quantitative estimate of drug-likeness (QED) is 0.632. The van der Waals surface area contributed by atoms with Crippen molar-refractivity contribution in [3.63, 3.8) is 0 Å². The van der Waals surface area contributed by atoms with Crippen molar-refractivity contribution in [3.8, 4) is 5.75 Å². The molecule has 0 aromatic heterocycles. The van der Waals surface area contributed by atoms with Crippen molar-refractivity contribution in [1.82, 2.24) is 0 Å². The minimum atomic E-state index is -0.764. The Morgan fingerprint density at radius 3 is 2.67 bits per heavy atom. The lowest BCUT2D eigenvalue weighted by atomic mass is 10.2. The average Bonchev–Trinajstić information content (AvgIpc) is 2.41. The van der Waals surface area contributed by atoms with E-state index in [1.807, 2.05) is 0 Å². The summed E-state index contributed by atoms with van der Waals surface area (Å²) in [4.78, 5) is 24.0. The largest absolute Gasteiger partial charge is 0.508 e. The zero-order chi connectivity index (χ0) is 11.0. The zero-order valence-corrected chi connectivity index (χ0v) is 7.88. The number of carbonyl (C=O) groups excluding carboxylic acids is 2. The molecule has 1 heterocycles. The number of rotatable bonds is 1. The molecular formula is C10H10N2O3. The van der Waals surface area contributed by atoms with E-state index in [4.69, 9.17) is 5.73 Å². The third-order valence-electron chi connectivity index (χ3n) is 2.27. The van der Waals surface area contributed by atoms with E-state index >= 15 is 0 Å². The predicted molar refractivity (Wildman–Crippen MR) is 53.2 cm³/mol.